The summed E-state index contributed by atoms with van der Waals surface area (Å²) in [5.41, 5.74) is -0.947. The van der Waals surface area contributed by atoms with Crippen molar-refractivity contribution in [1.82, 2.24) is 4.90 Å². The Morgan fingerprint density at radius 1 is 1.24 bits per heavy atom. The standard InChI is InChI=1S/C19H23ClF3NO7S.Li/c1-10(19(21,22)23)30-11-5-6-15(13(20)7-11)32(28,29)12-8-14(16(25)26)24(9-12)17(27)31-18(2,3)4;/h5-7,10,12,14H,8-9H2,1-4H3,(H,25,26);/q;+1/p-1/t10-,12?,14?;/m0./s1. The number of carboxylic acid groups (broad SMARTS) is 1. The Bertz CT molecular complexity index is 998. The average molecular weight is 508 g/mol. The summed E-state index contributed by atoms with van der Waals surface area (Å²) in [6.45, 7) is 4.97. The summed E-state index contributed by atoms with van der Waals surface area (Å²) in [6, 6.07) is 1.37. The van der Waals surface area contributed by atoms with Crippen LogP contribution in [0.5, 0.6) is 5.75 Å². The number of hydrogen-bond donors (Lipinski definition) is 0. The Labute approximate surface area is 206 Å². The van der Waals surface area contributed by atoms with E-state index in [1.54, 1.807) is 20.8 Å². The summed E-state index contributed by atoms with van der Waals surface area (Å²) in [5.74, 6) is -1.95. The first-order chi connectivity index (χ1) is 14.4. The predicted octanol–water partition coefficient (Wildman–Crippen LogP) is -0.425. The van der Waals surface area contributed by atoms with Gasteiger partial charge in [-0.1, -0.05) is 11.6 Å². The van der Waals surface area contributed by atoms with Crippen molar-refractivity contribution in [2.75, 3.05) is 6.54 Å². The molecule has 3 atom stereocenters. The Balaban J connectivity index is 0.00000544. The fourth-order valence-corrected chi connectivity index (χ4v) is 5.24. The van der Waals surface area contributed by atoms with Crippen LogP contribution >= 0.6 is 11.6 Å². The summed E-state index contributed by atoms with van der Waals surface area (Å²) in [6.07, 6.45) is -8.27. The monoisotopic (exact) mass is 507 g/mol. The molecular weight excluding hydrogens is 486 g/mol. The van der Waals surface area contributed by atoms with Crippen molar-refractivity contribution in [2.24, 2.45) is 0 Å². The van der Waals surface area contributed by atoms with Crippen molar-refractivity contribution < 1.29 is 64.6 Å². The van der Waals surface area contributed by atoms with Crippen molar-refractivity contribution in [3.05, 3.63) is 23.2 Å². The molecule has 1 heterocycles. The van der Waals surface area contributed by atoms with Crippen LogP contribution in [0.4, 0.5) is 18.0 Å². The van der Waals surface area contributed by atoms with Crippen LogP contribution in [-0.2, 0) is 19.4 Å². The Morgan fingerprint density at radius 3 is 2.27 bits per heavy atom. The smallest absolute Gasteiger partial charge is 0.548 e. The zero-order chi connectivity index (χ0) is 24.6. The van der Waals surface area contributed by atoms with Crippen LogP contribution in [0.15, 0.2) is 23.1 Å². The van der Waals surface area contributed by atoms with Crippen molar-refractivity contribution in [1.29, 1.82) is 0 Å². The molecule has 1 aliphatic heterocycles. The minimum atomic E-state index is -4.63. The third-order valence-electron chi connectivity index (χ3n) is 4.59. The maximum Gasteiger partial charge on any atom is 1.00 e. The Hall–Kier alpha value is -1.61. The Kier molecular flexibility index (Phi) is 9.21. The van der Waals surface area contributed by atoms with Crippen LogP contribution in [0.1, 0.15) is 34.1 Å². The number of halogens is 4. The summed E-state index contributed by atoms with van der Waals surface area (Å²) in [5, 5.41) is 9.74. The number of rotatable bonds is 5. The molecule has 14 heteroatoms. The SMILES string of the molecule is C[C@H](Oc1ccc(S(=O)(=O)C2CC(C(=O)[O-])N(C(=O)OC(C)(C)C)C2)c(Cl)c1)C(F)(F)F.[Li+]. The first kappa shape index (κ1) is 29.4. The van der Waals surface area contributed by atoms with Gasteiger partial charge in [0, 0.05) is 12.6 Å². The van der Waals surface area contributed by atoms with Gasteiger partial charge < -0.3 is 19.4 Å². The maximum atomic E-state index is 13.1. The molecular formula is C19H22ClF3LiNO7S. The fraction of sp³-hybridized carbons (Fsp3) is 0.579. The largest absolute Gasteiger partial charge is 1.00 e. The quantitative estimate of drug-likeness (QED) is 0.497. The molecule has 0 aromatic heterocycles. The van der Waals surface area contributed by atoms with E-state index in [1.807, 2.05) is 0 Å². The topological polar surface area (TPSA) is 113 Å². The molecule has 0 spiro atoms. The molecule has 8 nitrogen and oxygen atoms in total. The van der Waals surface area contributed by atoms with Crippen molar-refractivity contribution in [3.63, 3.8) is 0 Å². The number of alkyl halides is 3. The van der Waals surface area contributed by atoms with Gasteiger partial charge in [-0.05, 0) is 46.2 Å². The van der Waals surface area contributed by atoms with E-state index in [1.165, 1.54) is 0 Å². The van der Waals surface area contributed by atoms with E-state index >= 15 is 0 Å². The first-order valence-electron chi connectivity index (χ1n) is 9.41. The number of carbonyl (C=O) groups excluding carboxylic acids is 2. The van der Waals surface area contributed by atoms with E-state index in [0.29, 0.717) is 0 Å². The summed E-state index contributed by atoms with van der Waals surface area (Å²) < 4.78 is 74.0. The van der Waals surface area contributed by atoms with E-state index in [2.05, 4.69) is 0 Å². The number of aliphatic carboxylic acids is 1. The van der Waals surface area contributed by atoms with E-state index < -0.39 is 74.0 Å². The molecule has 2 rings (SSSR count). The number of sulfone groups is 1. The van der Waals surface area contributed by atoms with Crippen LogP contribution in [0.2, 0.25) is 5.02 Å². The molecule has 1 fully saturated rings. The van der Waals surface area contributed by atoms with Gasteiger partial charge in [0.2, 0.25) is 0 Å². The molecule has 0 radical (unpaired) electrons. The molecule has 1 aromatic rings. The number of nitrogens with zero attached hydrogens (tertiary/aromatic N) is 1. The number of benzene rings is 1. The summed E-state index contributed by atoms with van der Waals surface area (Å²) in [4.78, 5) is 24.2. The van der Waals surface area contributed by atoms with Crippen molar-refractivity contribution in [3.8, 4) is 5.75 Å². The number of carboxylic acids is 1. The second-order valence-corrected chi connectivity index (χ2v) is 10.9. The zero-order valence-corrected chi connectivity index (χ0v) is 20.2. The molecule has 1 aromatic carbocycles. The molecule has 1 amide bonds. The average Bonchev–Trinajstić information content (AvgIpc) is 3.06. The van der Waals surface area contributed by atoms with Crippen molar-refractivity contribution >= 4 is 33.5 Å². The molecule has 180 valence electrons. The summed E-state index contributed by atoms with van der Waals surface area (Å²) >= 11 is 6.00. The van der Waals surface area contributed by atoms with Crippen molar-refractivity contribution in [2.45, 2.75) is 68.2 Å². The number of carbonyl (C=O) groups is 2. The van der Waals surface area contributed by atoms with E-state index in [4.69, 9.17) is 21.1 Å². The van der Waals surface area contributed by atoms with Crippen LogP contribution in [0.25, 0.3) is 0 Å². The van der Waals surface area contributed by atoms with Gasteiger partial charge in [0.25, 0.3) is 0 Å². The van der Waals surface area contributed by atoms with Crippen LogP contribution in [0.3, 0.4) is 0 Å². The maximum absolute atomic E-state index is 13.1. The second-order valence-electron chi connectivity index (χ2n) is 8.26. The summed E-state index contributed by atoms with van der Waals surface area (Å²) in [7, 11) is -4.27. The minimum Gasteiger partial charge on any atom is -0.548 e. The second kappa shape index (κ2) is 10.3. The third-order valence-corrected chi connectivity index (χ3v) is 7.20. The molecule has 0 saturated carbocycles. The van der Waals surface area contributed by atoms with Gasteiger partial charge >= 0.3 is 31.1 Å². The molecule has 33 heavy (non-hydrogen) atoms. The molecule has 1 aliphatic rings. The zero-order valence-electron chi connectivity index (χ0n) is 18.6. The van der Waals surface area contributed by atoms with Gasteiger partial charge in [-0.15, -0.1) is 0 Å². The van der Waals surface area contributed by atoms with Gasteiger partial charge in [0.15, 0.2) is 15.9 Å². The predicted molar refractivity (Wildman–Crippen MR) is 105 cm³/mol. The van der Waals surface area contributed by atoms with E-state index in [9.17, 15) is 36.3 Å². The number of amides is 1. The number of ether oxygens (including phenoxy) is 2. The number of likely N-dealkylation sites (tertiary alicyclic amines) is 1. The van der Waals surface area contributed by atoms with Gasteiger partial charge in [0.1, 0.15) is 11.4 Å². The van der Waals surface area contributed by atoms with Gasteiger partial charge in [-0.25, -0.2) is 13.2 Å². The van der Waals surface area contributed by atoms with Gasteiger partial charge in [-0.3, -0.25) is 4.90 Å². The molecule has 0 aliphatic carbocycles. The van der Waals surface area contributed by atoms with Gasteiger partial charge in [-0.2, -0.15) is 13.2 Å². The molecule has 0 bridgehead atoms. The third kappa shape index (κ3) is 7.18. The fourth-order valence-electron chi connectivity index (χ4n) is 3.00. The Morgan fingerprint density at radius 2 is 1.82 bits per heavy atom. The van der Waals surface area contributed by atoms with E-state index in [0.717, 1.165) is 30.0 Å². The first-order valence-corrected chi connectivity index (χ1v) is 11.3. The van der Waals surface area contributed by atoms with Crippen LogP contribution in [-0.4, -0.2) is 61.1 Å². The molecule has 2 unspecified atom stereocenters. The minimum absolute atomic E-state index is 0. The normalized spacial score (nSPS) is 20.1. The van der Waals surface area contributed by atoms with Crippen LogP contribution in [0, 0.1) is 0 Å². The molecule has 1 saturated heterocycles. The molecule has 0 N–H and O–H groups in total. The van der Waals surface area contributed by atoms with Crippen LogP contribution < -0.4 is 28.7 Å². The van der Waals surface area contributed by atoms with E-state index in [-0.39, 0.29) is 24.6 Å². The van der Waals surface area contributed by atoms with Gasteiger partial charge in [0.05, 0.1) is 27.2 Å². The number of hydrogen-bond acceptors (Lipinski definition) is 7.